The summed E-state index contributed by atoms with van der Waals surface area (Å²) in [6, 6.07) is 11.0. The van der Waals surface area contributed by atoms with E-state index in [1.165, 1.54) is 12.1 Å². The minimum atomic E-state index is -3.66. The number of hydrogen-bond acceptors (Lipinski definition) is 5. The molecular formula is C18H20N2O5S. The molecule has 0 saturated heterocycles. The van der Waals surface area contributed by atoms with Gasteiger partial charge in [-0.2, -0.15) is 0 Å². The van der Waals surface area contributed by atoms with Crippen LogP contribution in [-0.4, -0.2) is 27.7 Å². The van der Waals surface area contributed by atoms with E-state index >= 15 is 0 Å². The van der Waals surface area contributed by atoms with Crippen molar-refractivity contribution >= 4 is 21.6 Å². The van der Waals surface area contributed by atoms with Crippen LogP contribution >= 0.6 is 0 Å². The van der Waals surface area contributed by atoms with Gasteiger partial charge >= 0.3 is 0 Å². The van der Waals surface area contributed by atoms with Crippen LogP contribution in [0.25, 0.3) is 0 Å². The molecule has 1 aliphatic heterocycles. The van der Waals surface area contributed by atoms with Gasteiger partial charge in [-0.15, -0.1) is 0 Å². The third-order valence-electron chi connectivity index (χ3n) is 3.72. The highest BCUT2D eigenvalue weighted by atomic mass is 32.2. The lowest BCUT2D eigenvalue weighted by Gasteiger charge is -2.10. The van der Waals surface area contributed by atoms with Gasteiger partial charge < -0.3 is 14.8 Å². The Labute approximate surface area is 152 Å². The van der Waals surface area contributed by atoms with Gasteiger partial charge in [0.2, 0.25) is 16.8 Å². The molecule has 2 aromatic carbocycles. The number of hydrogen-bond donors (Lipinski definition) is 2. The van der Waals surface area contributed by atoms with Gasteiger partial charge in [0.05, 0.1) is 4.90 Å². The van der Waals surface area contributed by atoms with Crippen LogP contribution in [0.15, 0.2) is 47.4 Å². The van der Waals surface area contributed by atoms with Gasteiger partial charge in [0.15, 0.2) is 11.5 Å². The van der Waals surface area contributed by atoms with E-state index in [9.17, 15) is 13.2 Å². The molecule has 2 aromatic rings. The number of rotatable bonds is 6. The maximum Gasteiger partial charge on any atom is 0.255 e. The summed E-state index contributed by atoms with van der Waals surface area (Å²) in [5.74, 6) is 0.941. The van der Waals surface area contributed by atoms with E-state index < -0.39 is 15.9 Å². The molecule has 0 aromatic heterocycles. The Hall–Kier alpha value is -2.58. The first-order chi connectivity index (χ1) is 12.3. The number of amides is 1. The van der Waals surface area contributed by atoms with E-state index in [0.29, 0.717) is 23.7 Å². The number of benzene rings is 2. The number of nitrogens with one attached hydrogen (secondary N) is 2. The van der Waals surface area contributed by atoms with Gasteiger partial charge in [0, 0.05) is 23.9 Å². The number of ether oxygens (including phenoxy) is 2. The highest BCUT2D eigenvalue weighted by molar-refractivity contribution is 7.89. The maximum absolute atomic E-state index is 12.5. The van der Waals surface area contributed by atoms with Gasteiger partial charge in [-0.05, 0) is 36.2 Å². The summed E-state index contributed by atoms with van der Waals surface area (Å²) in [6.07, 6.45) is 0. The molecule has 2 N–H and O–H groups in total. The monoisotopic (exact) mass is 376 g/mol. The van der Waals surface area contributed by atoms with E-state index in [4.69, 9.17) is 9.47 Å². The van der Waals surface area contributed by atoms with Crippen LogP contribution in [0.5, 0.6) is 11.5 Å². The zero-order valence-corrected chi connectivity index (χ0v) is 15.3. The first-order valence-corrected chi connectivity index (χ1v) is 9.64. The van der Waals surface area contributed by atoms with E-state index in [2.05, 4.69) is 10.0 Å². The average Bonchev–Trinajstić information content (AvgIpc) is 3.08. The van der Waals surface area contributed by atoms with E-state index in [0.717, 1.165) is 0 Å². The van der Waals surface area contributed by atoms with Crippen LogP contribution < -0.4 is 19.5 Å². The van der Waals surface area contributed by atoms with Crippen molar-refractivity contribution in [1.82, 2.24) is 4.72 Å². The summed E-state index contributed by atoms with van der Waals surface area (Å²) in [7, 11) is -3.66. The molecule has 0 aliphatic carbocycles. The maximum atomic E-state index is 12.5. The van der Waals surface area contributed by atoms with Crippen molar-refractivity contribution in [3.8, 4) is 11.5 Å². The highest BCUT2D eigenvalue weighted by Gasteiger charge is 2.18. The highest BCUT2D eigenvalue weighted by Crippen LogP contribution is 2.34. The van der Waals surface area contributed by atoms with Crippen LogP contribution in [0.3, 0.4) is 0 Å². The summed E-state index contributed by atoms with van der Waals surface area (Å²) < 4.78 is 37.7. The van der Waals surface area contributed by atoms with Crippen LogP contribution in [0.1, 0.15) is 24.2 Å². The second-order valence-corrected chi connectivity index (χ2v) is 8.06. The van der Waals surface area contributed by atoms with Crippen molar-refractivity contribution in [3.05, 3.63) is 48.0 Å². The van der Waals surface area contributed by atoms with Crippen LogP contribution in [0.4, 0.5) is 5.69 Å². The number of fused-ring (bicyclic) bond motifs is 1. The van der Waals surface area contributed by atoms with E-state index in [-0.39, 0.29) is 23.2 Å². The van der Waals surface area contributed by atoms with Crippen molar-refractivity contribution in [1.29, 1.82) is 0 Å². The number of carbonyl (C=O) groups is 1. The zero-order chi connectivity index (χ0) is 18.7. The van der Waals surface area contributed by atoms with Crippen molar-refractivity contribution < 1.29 is 22.7 Å². The van der Waals surface area contributed by atoms with Gasteiger partial charge in [0.25, 0.3) is 5.91 Å². The lowest BCUT2D eigenvalue weighted by Crippen LogP contribution is -2.27. The van der Waals surface area contributed by atoms with Gasteiger partial charge in [-0.1, -0.05) is 19.9 Å². The lowest BCUT2D eigenvalue weighted by atomic mass is 10.2. The Kier molecular flexibility index (Phi) is 5.15. The average molecular weight is 376 g/mol. The Morgan fingerprint density at radius 1 is 1.12 bits per heavy atom. The van der Waals surface area contributed by atoms with Crippen molar-refractivity contribution in [2.75, 3.05) is 18.7 Å². The van der Waals surface area contributed by atoms with Crippen molar-refractivity contribution in [2.45, 2.75) is 18.7 Å². The molecule has 138 valence electrons. The number of sulfonamides is 1. The quantitative estimate of drug-likeness (QED) is 0.808. The van der Waals surface area contributed by atoms with E-state index in [1.807, 2.05) is 13.8 Å². The number of carbonyl (C=O) groups excluding carboxylic acids is 1. The first kappa shape index (κ1) is 18.2. The van der Waals surface area contributed by atoms with Gasteiger partial charge in [0.1, 0.15) is 0 Å². The summed E-state index contributed by atoms with van der Waals surface area (Å²) in [5, 5.41) is 2.73. The molecule has 0 spiro atoms. The lowest BCUT2D eigenvalue weighted by molar-refractivity contribution is 0.102. The summed E-state index contributed by atoms with van der Waals surface area (Å²) in [4.78, 5) is 12.5. The molecule has 26 heavy (non-hydrogen) atoms. The Morgan fingerprint density at radius 3 is 2.65 bits per heavy atom. The molecule has 0 radical (unpaired) electrons. The smallest absolute Gasteiger partial charge is 0.255 e. The van der Waals surface area contributed by atoms with Gasteiger partial charge in [-0.3, -0.25) is 4.79 Å². The Morgan fingerprint density at radius 2 is 1.88 bits per heavy atom. The summed E-state index contributed by atoms with van der Waals surface area (Å²) in [6.45, 7) is 4.31. The second kappa shape index (κ2) is 7.35. The molecule has 1 heterocycles. The minimum absolute atomic E-state index is 0.0523. The molecule has 1 amide bonds. The molecule has 0 bridgehead atoms. The Bertz CT molecular complexity index is 925. The third-order valence-corrected chi connectivity index (χ3v) is 5.14. The summed E-state index contributed by atoms with van der Waals surface area (Å²) >= 11 is 0. The number of anilines is 1. The molecule has 0 saturated carbocycles. The predicted octanol–water partition coefficient (Wildman–Crippen LogP) is 2.60. The largest absolute Gasteiger partial charge is 0.454 e. The normalized spacial score (nSPS) is 13.0. The summed E-state index contributed by atoms with van der Waals surface area (Å²) in [5.41, 5.74) is 0.778. The molecule has 3 rings (SSSR count). The van der Waals surface area contributed by atoms with Gasteiger partial charge in [-0.25, -0.2) is 13.1 Å². The molecular weight excluding hydrogens is 356 g/mol. The van der Waals surface area contributed by atoms with Crippen LogP contribution in [-0.2, 0) is 10.0 Å². The fourth-order valence-corrected chi connectivity index (χ4v) is 3.60. The van der Waals surface area contributed by atoms with Crippen molar-refractivity contribution in [3.63, 3.8) is 0 Å². The molecule has 0 atom stereocenters. The van der Waals surface area contributed by atoms with E-state index in [1.54, 1.807) is 30.3 Å². The zero-order valence-electron chi connectivity index (χ0n) is 14.5. The molecule has 7 nitrogen and oxygen atoms in total. The molecule has 0 unspecified atom stereocenters. The fraction of sp³-hybridized carbons (Fsp3) is 0.278. The Balaban J connectivity index is 1.76. The SMILES string of the molecule is CC(C)CNS(=O)(=O)c1cccc(C(=O)Nc2ccc3c(c2)OCO3)c1. The third kappa shape index (κ3) is 4.14. The molecule has 8 heteroatoms. The first-order valence-electron chi connectivity index (χ1n) is 8.16. The topological polar surface area (TPSA) is 93.7 Å². The van der Waals surface area contributed by atoms with Crippen LogP contribution in [0, 0.1) is 5.92 Å². The second-order valence-electron chi connectivity index (χ2n) is 6.30. The fourth-order valence-electron chi connectivity index (χ4n) is 2.34. The van der Waals surface area contributed by atoms with Crippen LogP contribution in [0.2, 0.25) is 0 Å². The molecule has 1 aliphatic rings. The minimum Gasteiger partial charge on any atom is -0.454 e. The molecule has 0 fully saturated rings. The predicted molar refractivity (Wildman–Crippen MR) is 97.0 cm³/mol. The standard InChI is InChI=1S/C18H20N2O5S/c1-12(2)10-19-26(22,23)15-5-3-4-13(8-15)18(21)20-14-6-7-16-17(9-14)25-11-24-16/h3-9,12,19H,10-11H2,1-2H3,(H,20,21). The van der Waals surface area contributed by atoms with Crippen molar-refractivity contribution in [2.24, 2.45) is 5.92 Å².